The van der Waals surface area contributed by atoms with Gasteiger partial charge < -0.3 is 4.90 Å². The van der Waals surface area contributed by atoms with Crippen LogP contribution in [0.3, 0.4) is 0 Å². The molecule has 1 saturated carbocycles. The zero-order chi connectivity index (χ0) is 13.4. The van der Waals surface area contributed by atoms with Gasteiger partial charge in [0.1, 0.15) is 0 Å². The summed E-state index contributed by atoms with van der Waals surface area (Å²) in [6.45, 7) is 3.39. The van der Waals surface area contributed by atoms with Crippen LogP contribution in [0.5, 0.6) is 0 Å². The summed E-state index contributed by atoms with van der Waals surface area (Å²) in [4.78, 5) is 25.1. The molecule has 3 aliphatic rings. The van der Waals surface area contributed by atoms with Crippen LogP contribution in [0.15, 0.2) is 12.2 Å². The van der Waals surface area contributed by atoms with Gasteiger partial charge in [-0.3, -0.25) is 9.59 Å². The molecule has 104 valence electrons. The Kier molecular flexibility index (Phi) is 3.70. The number of carbonyl (C=O) groups is 2. The van der Waals surface area contributed by atoms with Gasteiger partial charge in [0, 0.05) is 32.2 Å². The molecule has 1 amide bonds. The second-order valence-corrected chi connectivity index (χ2v) is 7.41. The molecule has 3 rings (SSSR count). The highest BCUT2D eigenvalue weighted by atomic mass is 32.2. The number of allylic oxidation sites excluding steroid dienone is 2. The van der Waals surface area contributed by atoms with E-state index in [0.29, 0.717) is 30.1 Å². The SMILES string of the molecule is CC(=O)SCC1CC(=O)N(CC2CC3C=CC2C3)C1. The van der Waals surface area contributed by atoms with Crippen molar-refractivity contribution in [1.29, 1.82) is 0 Å². The number of amides is 1. The topological polar surface area (TPSA) is 37.4 Å². The lowest BCUT2D eigenvalue weighted by Gasteiger charge is -2.25. The van der Waals surface area contributed by atoms with Gasteiger partial charge in [0.05, 0.1) is 0 Å². The number of nitrogens with zero attached hydrogens (tertiary/aromatic N) is 1. The molecule has 0 N–H and O–H groups in total. The lowest BCUT2D eigenvalue weighted by atomic mass is 9.93. The van der Waals surface area contributed by atoms with Crippen LogP contribution in [0, 0.1) is 23.7 Å². The molecule has 1 aliphatic heterocycles. The quantitative estimate of drug-likeness (QED) is 0.741. The lowest BCUT2D eigenvalue weighted by Crippen LogP contribution is -2.32. The predicted molar refractivity (Wildman–Crippen MR) is 76.7 cm³/mol. The summed E-state index contributed by atoms with van der Waals surface area (Å²) < 4.78 is 0. The number of likely N-dealkylation sites (tertiary alicyclic amines) is 1. The zero-order valence-corrected chi connectivity index (χ0v) is 12.2. The molecule has 0 aromatic carbocycles. The molecule has 0 spiro atoms. The molecule has 19 heavy (non-hydrogen) atoms. The maximum Gasteiger partial charge on any atom is 0.222 e. The number of hydrogen-bond donors (Lipinski definition) is 0. The van der Waals surface area contributed by atoms with Gasteiger partial charge in [0.25, 0.3) is 0 Å². The van der Waals surface area contributed by atoms with Crippen LogP contribution in [0.25, 0.3) is 0 Å². The maximum atomic E-state index is 12.0. The van der Waals surface area contributed by atoms with E-state index >= 15 is 0 Å². The molecule has 0 aromatic heterocycles. The molecule has 0 aromatic rings. The minimum Gasteiger partial charge on any atom is -0.342 e. The Morgan fingerprint density at radius 1 is 1.42 bits per heavy atom. The number of thioether (sulfide) groups is 1. The molecular weight excluding hydrogens is 258 g/mol. The van der Waals surface area contributed by atoms with Crippen molar-refractivity contribution in [2.45, 2.75) is 26.2 Å². The highest BCUT2D eigenvalue weighted by Crippen LogP contribution is 2.44. The highest BCUT2D eigenvalue weighted by molar-refractivity contribution is 8.13. The molecule has 1 saturated heterocycles. The van der Waals surface area contributed by atoms with Gasteiger partial charge in [0.15, 0.2) is 5.12 Å². The van der Waals surface area contributed by atoms with Crippen LogP contribution in [0.2, 0.25) is 0 Å². The summed E-state index contributed by atoms with van der Waals surface area (Å²) in [6.07, 6.45) is 7.90. The summed E-state index contributed by atoms with van der Waals surface area (Å²) in [7, 11) is 0. The fourth-order valence-corrected chi connectivity index (χ4v) is 4.46. The molecule has 2 fully saturated rings. The summed E-state index contributed by atoms with van der Waals surface area (Å²) in [6, 6.07) is 0. The Labute approximate surface area is 118 Å². The summed E-state index contributed by atoms with van der Waals surface area (Å²) in [5.41, 5.74) is 0. The average molecular weight is 279 g/mol. The summed E-state index contributed by atoms with van der Waals surface area (Å²) in [5, 5.41) is 0.157. The van der Waals surface area contributed by atoms with Crippen LogP contribution in [-0.4, -0.2) is 34.8 Å². The van der Waals surface area contributed by atoms with Crippen molar-refractivity contribution in [3.8, 4) is 0 Å². The van der Waals surface area contributed by atoms with Crippen molar-refractivity contribution in [3.63, 3.8) is 0 Å². The van der Waals surface area contributed by atoms with Crippen molar-refractivity contribution < 1.29 is 9.59 Å². The predicted octanol–water partition coefficient (Wildman–Crippen LogP) is 2.33. The van der Waals surface area contributed by atoms with Crippen LogP contribution < -0.4 is 0 Å². The third-order valence-electron chi connectivity index (χ3n) is 4.69. The maximum absolute atomic E-state index is 12.0. The Balaban J connectivity index is 1.50. The highest BCUT2D eigenvalue weighted by Gasteiger charge is 2.39. The van der Waals surface area contributed by atoms with E-state index in [-0.39, 0.29) is 5.12 Å². The molecule has 4 unspecified atom stereocenters. The first kappa shape index (κ1) is 13.2. The molecule has 0 radical (unpaired) electrons. The first-order valence-electron chi connectivity index (χ1n) is 7.21. The molecule has 1 heterocycles. The first-order chi connectivity index (χ1) is 9.11. The molecule has 2 bridgehead atoms. The standard InChI is InChI=1S/C15H21NO2S/c1-10(17)19-9-12-6-15(18)16(7-12)8-14-5-11-2-3-13(14)4-11/h2-3,11-14H,4-9H2,1H3. The largest absolute Gasteiger partial charge is 0.342 e. The molecule has 4 heteroatoms. The van der Waals surface area contributed by atoms with Crippen molar-refractivity contribution in [1.82, 2.24) is 4.90 Å². The minimum atomic E-state index is 0.157. The van der Waals surface area contributed by atoms with Gasteiger partial charge in [-0.2, -0.15) is 0 Å². The number of fused-ring (bicyclic) bond motifs is 2. The van der Waals surface area contributed by atoms with E-state index in [2.05, 4.69) is 12.2 Å². The van der Waals surface area contributed by atoms with Crippen LogP contribution >= 0.6 is 11.8 Å². The third kappa shape index (κ3) is 2.88. The van der Waals surface area contributed by atoms with Crippen molar-refractivity contribution >= 4 is 22.8 Å². The van der Waals surface area contributed by atoms with E-state index < -0.39 is 0 Å². The average Bonchev–Trinajstić information content (AvgIpc) is 3.03. The zero-order valence-electron chi connectivity index (χ0n) is 11.4. The van der Waals surface area contributed by atoms with Crippen LogP contribution in [0.1, 0.15) is 26.2 Å². The van der Waals surface area contributed by atoms with Crippen molar-refractivity contribution in [2.75, 3.05) is 18.8 Å². The Bertz CT molecular complexity index is 420. The van der Waals surface area contributed by atoms with E-state index in [1.54, 1.807) is 6.92 Å². The van der Waals surface area contributed by atoms with Gasteiger partial charge in [0.2, 0.25) is 5.91 Å². The summed E-state index contributed by atoms with van der Waals surface area (Å²) in [5.74, 6) is 3.63. The summed E-state index contributed by atoms with van der Waals surface area (Å²) >= 11 is 1.36. The fourth-order valence-electron chi connectivity index (χ4n) is 3.76. The smallest absolute Gasteiger partial charge is 0.222 e. The normalized spacial score (nSPS) is 36.5. The van der Waals surface area contributed by atoms with Crippen LogP contribution in [-0.2, 0) is 9.59 Å². The van der Waals surface area contributed by atoms with Gasteiger partial charge in [-0.25, -0.2) is 0 Å². The van der Waals surface area contributed by atoms with E-state index in [1.807, 2.05) is 4.90 Å². The second kappa shape index (κ2) is 5.31. The third-order valence-corrected chi connectivity index (χ3v) is 5.73. The van der Waals surface area contributed by atoms with E-state index in [4.69, 9.17) is 0 Å². The van der Waals surface area contributed by atoms with Gasteiger partial charge in [-0.1, -0.05) is 23.9 Å². The Hall–Kier alpha value is -0.770. The molecule has 2 aliphatic carbocycles. The van der Waals surface area contributed by atoms with E-state index in [1.165, 1.54) is 24.6 Å². The van der Waals surface area contributed by atoms with Gasteiger partial charge in [-0.15, -0.1) is 0 Å². The van der Waals surface area contributed by atoms with Crippen molar-refractivity contribution in [3.05, 3.63) is 12.2 Å². The fraction of sp³-hybridized carbons (Fsp3) is 0.733. The lowest BCUT2D eigenvalue weighted by molar-refractivity contribution is -0.128. The van der Waals surface area contributed by atoms with Crippen molar-refractivity contribution in [2.24, 2.45) is 23.7 Å². The number of carbonyl (C=O) groups excluding carboxylic acids is 2. The first-order valence-corrected chi connectivity index (χ1v) is 8.20. The van der Waals surface area contributed by atoms with E-state index in [0.717, 1.165) is 24.8 Å². The van der Waals surface area contributed by atoms with Gasteiger partial charge >= 0.3 is 0 Å². The molecule has 4 atom stereocenters. The Morgan fingerprint density at radius 3 is 2.89 bits per heavy atom. The van der Waals surface area contributed by atoms with Gasteiger partial charge in [-0.05, 0) is 36.5 Å². The number of hydrogen-bond acceptors (Lipinski definition) is 3. The monoisotopic (exact) mass is 279 g/mol. The second-order valence-electron chi connectivity index (χ2n) is 6.21. The molecular formula is C15H21NO2S. The van der Waals surface area contributed by atoms with Crippen LogP contribution in [0.4, 0.5) is 0 Å². The Morgan fingerprint density at radius 2 is 2.26 bits per heavy atom. The van der Waals surface area contributed by atoms with E-state index in [9.17, 15) is 9.59 Å². The molecule has 3 nitrogen and oxygen atoms in total. The number of rotatable bonds is 4. The minimum absolute atomic E-state index is 0.157.